The van der Waals surface area contributed by atoms with E-state index in [1.165, 1.54) is 16.9 Å². The molecular weight excluding hydrogens is 586 g/mol. The van der Waals surface area contributed by atoms with Crippen LogP contribution in [0.15, 0.2) is 47.8 Å². The van der Waals surface area contributed by atoms with E-state index in [9.17, 15) is 14.4 Å². The summed E-state index contributed by atoms with van der Waals surface area (Å²) in [6.45, 7) is 9.86. The number of hydrogen-bond acceptors (Lipinski definition) is 7. The van der Waals surface area contributed by atoms with E-state index in [2.05, 4.69) is 34.6 Å². The average Bonchev–Trinajstić information content (AvgIpc) is 3.74. The van der Waals surface area contributed by atoms with Crippen LogP contribution in [0, 0.1) is 0 Å². The topological polar surface area (TPSA) is 104 Å². The third kappa shape index (κ3) is 8.29. The molecule has 3 amide bonds. The number of hydrogen-bond donors (Lipinski definition) is 2. The highest BCUT2D eigenvalue weighted by molar-refractivity contribution is 7.14. The second kappa shape index (κ2) is 15.5. The summed E-state index contributed by atoms with van der Waals surface area (Å²) in [5, 5.41) is 8.48. The van der Waals surface area contributed by atoms with Crippen LogP contribution in [0.3, 0.4) is 0 Å². The molecule has 45 heavy (non-hydrogen) atoms. The standard InChI is InChI=1S/C35H45N5O4S/c1-4-7-8-24-9-14-31(44-6-3)29(21-24)30-23-45-35(37-30)38-33(42)25-10-12-26(13-11-25)34(43)39-19-16-28(17-20-39)40-18-15-27(22-40)36-32(41)5-2/h9-14,21,23,27-28H,4-8,15-20,22H2,1-3H3,(H,36,41)(H,37,38,42)/t27-/m1/s1. The highest BCUT2D eigenvalue weighted by Crippen LogP contribution is 2.34. The van der Waals surface area contributed by atoms with Gasteiger partial charge in [-0.05, 0) is 81.0 Å². The normalized spacial score (nSPS) is 17.3. The average molecular weight is 632 g/mol. The zero-order chi connectivity index (χ0) is 31.8. The maximum absolute atomic E-state index is 13.2. The van der Waals surface area contributed by atoms with Crippen LogP contribution >= 0.6 is 11.3 Å². The third-order valence-corrected chi connectivity index (χ3v) is 9.49. The zero-order valence-electron chi connectivity index (χ0n) is 26.6. The van der Waals surface area contributed by atoms with E-state index in [4.69, 9.17) is 9.72 Å². The number of thiazole rings is 1. The van der Waals surface area contributed by atoms with Gasteiger partial charge in [0, 0.05) is 66.8 Å². The van der Waals surface area contributed by atoms with Crippen molar-refractivity contribution in [2.45, 2.75) is 77.8 Å². The molecule has 2 aliphatic heterocycles. The number of aryl methyl sites for hydroxylation is 1. The number of ether oxygens (including phenoxy) is 1. The molecule has 2 fully saturated rings. The lowest BCUT2D eigenvalue weighted by Gasteiger charge is -2.36. The molecule has 0 bridgehead atoms. The van der Waals surface area contributed by atoms with Gasteiger partial charge in [-0.2, -0.15) is 0 Å². The number of carbonyl (C=O) groups excluding carboxylic acids is 3. The molecular formula is C35H45N5O4S. The van der Waals surface area contributed by atoms with Gasteiger partial charge in [-0.15, -0.1) is 11.3 Å². The minimum Gasteiger partial charge on any atom is -0.493 e. The minimum absolute atomic E-state index is 0.00856. The van der Waals surface area contributed by atoms with Crippen molar-refractivity contribution < 1.29 is 19.1 Å². The SMILES string of the molecule is CCCCc1ccc(OCC)c(-c2csc(NC(=O)c3ccc(C(=O)N4CCC(N5CC[C@@H](NC(=O)CC)C5)CC4)cc3)n2)c1. The molecule has 3 aromatic rings. The number of amides is 3. The Hall–Kier alpha value is -3.76. The van der Waals surface area contributed by atoms with Crippen molar-refractivity contribution >= 4 is 34.2 Å². The van der Waals surface area contributed by atoms with E-state index in [1.54, 1.807) is 24.3 Å². The molecule has 3 heterocycles. The molecule has 10 heteroatoms. The minimum atomic E-state index is -0.267. The van der Waals surface area contributed by atoms with E-state index < -0.39 is 0 Å². The van der Waals surface area contributed by atoms with Gasteiger partial charge in [-0.25, -0.2) is 4.98 Å². The third-order valence-electron chi connectivity index (χ3n) is 8.73. The van der Waals surface area contributed by atoms with E-state index in [1.807, 2.05) is 30.2 Å². The summed E-state index contributed by atoms with van der Waals surface area (Å²) in [4.78, 5) is 47.1. The molecule has 0 spiro atoms. The molecule has 240 valence electrons. The molecule has 2 aromatic carbocycles. The molecule has 5 rings (SSSR count). The number of anilines is 1. The highest BCUT2D eigenvalue weighted by Gasteiger charge is 2.32. The summed E-state index contributed by atoms with van der Waals surface area (Å²) >= 11 is 1.38. The Morgan fingerprint density at radius 1 is 0.978 bits per heavy atom. The molecule has 0 unspecified atom stereocenters. The van der Waals surface area contributed by atoms with E-state index in [0.717, 1.165) is 68.6 Å². The second-order valence-corrected chi connectivity index (χ2v) is 12.7. The number of carbonyl (C=O) groups is 3. The number of likely N-dealkylation sites (tertiary alicyclic amines) is 2. The first kappa shape index (κ1) is 32.6. The smallest absolute Gasteiger partial charge is 0.257 e. The Morgan fingerprint density at radius 2 is 1.73 bits per heavy atom. The zero-order valence-corrected chi connectivity index (χ0v) is 27.5. The van der Waals surface area contributed by atoms with Crippen LogP contribution in [0.25, 0.3) is 11.3 Å². The van der Waals surface area contributed by atoms with Crippen molar-refractivity contribution in [3.63, 3.8) is 0 Å². The number of benzene rings is 2. The van der Waals surface area contributed by atoms with Gasteiger partial charge in [0.1, 0.15) is 5.75 Å². The molecule has 9 nitrogen and oxygen atoms in total. The summed E-state index contributed by atoms with van der Waals surface area (Å²) in [6, 6.07) is 13.8. The van der Waals surface area contributed by atoms with Crippen molar-refractivity contribution in [3.8, 4) is 17.0 Å². The van der Waals surface area contributed by atoms with Crippen molar-refractivity contribution in [2.75, 3.05) is 38.1 Å². The van der Waals surface area contributed by atoms with E-state index in [-0.39, 0.29) is 23.8 Å². The quantitative estimate of drug-likeness (QED) is 0.254. The molecule has 2 N–H and O–H groups in total. The number of piperidine rings is 1. The largest absolute Gasteiger partial charge is 0.493 e. The molecule has 2 aliphatic rings. The van der Waals surface area contributed by atoms with Gasteiger partial charge in [-0.1, -0.05) is 26.3 Å². The number of rotatable bonds is 12. The molecule has 0 saturated carbocycles. The fourth-order valence-corrected chi connectivity index (χ4v) is 6.87. The van der Waals surface area contributed by atoms with Gasteiger partial charge in [0.25, 0.3) is 11.8 Å². The lowest BCUT2D eigenvalue weighted by molar-refractivity contribution is -0.121. The Bertz CT molecular complexity index is 1460. The molecule has 0 radical (unpaired) electrons. The summed E-state index contributed by atoms with van der Waals surface area (Å²) < 4.78 is 5.86. The Balaban J connectivity index is 1.14. The summed E-state index contributed by atoms with van der Waals surface area (Å²) in [7, 11) is 0. The number of aromatic nitrogens is 1. The number of nitrogens with one attached hydrogen (secondary N) is 2. The van der Waals surface area contributed by atoms with Gasteiger partial charge < -0.3 is 15.0 Å². The van der Waals surface area contributed by atoms with Crippen LogP contribution in [0.1, 0.15) is 85.6 Å². The van der Waals surface area contributed by atoms with Crippen molar-refractivity contribution in [1.29, 1.82) is 0 Å². The number of nitrogens with zero attached hydrogens (tertiary/aromatic N) is 3. The maximum atomic E-state index is 13.2. The Kier molecular flexibility index (Phi) is 11.2. The van der Waals surface area contributed by atoms with Gasteiger partial charge in [0.05, 0.1) is 12.3 Å². The fraction of sp³-hybridized carbons (Fsp3) is 0.486. The highest BCUT2D eigenvalue weighted by atomic mass is 32.1. The first-order chi connectivity index (χ1) is 21.9. The monoisotopic (exact) mass is 631 g/mol. The van der Waals surface area contributed by atoms with E-state index in [0.29, 0.717) is 48.4 Å². The van der Waals surface area contributed by atoms with Crippen LogP contribution < -0.4 is 15.4 Å². The van der Waals surface area contributed by atoms with Crippen LogP contribution in [0.4, 0.5) is 5.13 Å². The van der Waals surface area contributed by atoms with Crippen LogP contribution in [0.2, 0.25) is 0 Å². The Labute approximate surface area is 270 Å². The Morgan fingerprint density at radius 3 is 2.44 bits per heavy atom. The van der Waals surface area contributed by atoms with Gasteiger partial charge in [0.2, 0.25) is 5.91 Å². The van der Waals surface area contributed by atoms with Gasteiger partial charge >= 0.3 is 0 Å². The fourth-order valence-electron chi connectivity index (χ4n) is 6.17. The van der Waals surface area contributed by atoms with Gasteiger partial charge in [0.15, 0.2) is 5.13 Å². The lowest BCUT2D eigenvalue weighted by Crippen LogP contribution is -2.47. The summed E-state index contributed by atoms with van der Waals surface area (Å²) in [5.74, 6) is 0.619. The van der Waals surface area contributed by atoms with Crippen LogP contribution in [-0.4, -0.2) is 77.4 Å². The number of unbranched alkanes of at least 4 members (excludes halogenated alkanes) is 1. The first-order valence-electron chi connectivity index (χ1n) is 16.3. The molecule has 2 saturated heterocycles. The van der Waals surface area contributed by atoms with Gasteiger partial charge in [-0.3, -0.25) is 24.6 Å². The predicted molar refractivity (Wildman–Crippen MR) is 179 cm³/mol. The van der Waals surface area contributed by atoms with Crippen LogP contribution in [0.5, 0.6) is 5.75 Å². The predicted octanol–water partition coefficient (Wildman–Crippen LogP) is 6.01. The van der Waals surface area contributed by atoms with Crippen molar-refractivity contribution in [2.24, 2.45) is 0 Å². The van der Waals surface area contributed by atoms with E-state index >= 15 is 0 Å². The lowest BCUT2D eigenvalue weighted by atomic mass is 10.0. The second-order valence-electron chi connectivity index (χ2n) is 11.9. The van der Waals surface area contributed by atoms with Crippen LogP contribution in [-0.2, 0) is 11.2 Å². The summed E-state index contributed by atoms with van der Waals surface area (Å²) in [6.07, 6.45) is 6.59. The summed E-state index contributed by atoms with van der Waals surface area (Å²) in [5.41, 5.74) is 3.99. The van der Waals surface area contributed by atoms with Crippen molar-refractivity contribution in [1.82, 2.24) is 20.1 Å². The molecule has 1 aromatic heterocycles. The molecule has 1 atom stereocenters. The first-order valence-corrected chi connectivity index (χ1v) is 17.2. The van der Waals surface area contributed by atoms with Crippen molar-refractivity contribution in [3.05, 3.63) is 64.5 Å². The molecule has 0 aliphatic carbocycles. The maximum Gasteiger partial charge on any atom is 0.257 e.